The van der Waals surface area contributed by atoms with Crippen LogP contribution >= 0.6 is 0 Å². The molecule has 6 nitrogen and oxygen atoms in total. The molecule has 0 heterocycles. The smallest absolute Gasteiger partial charge is 0.311 e. The van der Waals surface area contributed by atoms with Crippen molar-refractivity contribution in [2.45, 2.75) is 0 Å². The highest BCUT2D eigenvalue weighted by atomic mass is 16.5. The maximum absolute atomic E-state index is 11.3. The van der Waals surface area contributed by atoms with Gasteiger partial charge in [-0.2, -0.15) is 0 Å². The molecule has 0 unspecified atom stereocenters. The number of nitrogens with two attached hydrogens (primary N) is 1. The van der Waals surface area contributed by atoms with Crippen LogP contribution in [0.5, 0.6) is 0 Å². The van der Waals surface area contributed by atoms with Crippen LogP contribution in [0.3, 0.4) is 0 Å². The molecular weight excluding hydrogens is 186 g/mol. The molecule has 0 saturated carbocycles. The SMILES string of the molecule is COCCN(C)C(=O)C(=O)NCCN. The minimum Gasteiger partial charge on any atom is -0.383 e. The molecule has 0 spiro atoms. The fourth-order valence-electron chi connectivity index (χ4n) is 0.764. The number of methoxy groups -OCH3 is 1. The summed E-state index contributed by atoms with van der Waals surface area (Å²) in [6, 6.07) is 0. The van der Waals surface area contributed by atoms with E-state index in [1.54, 1.807) is 7.05 Å². The molecule has 0 aromatic heterocycles. The zero-order chi connectivity index (χ0) is 11.0. The van der Waals surface area contributed by atoms with Crippen molar-refractivity contribution >= 4 is 11.8 Å². The van der Waals surface area contributed by atoms with Crippen LogP contribution in [0.4, 0.5) is 0 Å². The van der Waals surface area contributed by atoms with Gasteiger partial charge in [0.1, 0.15) is 0 Å². The lowest BCUT2D eigenvalue weighted by Gasteiger charge is -2.15. The average molecular weight is 203 g/mol. The monoisotopic (exact) mass is 203 g/mol. The van der Waals surface area contributed by atoms with Gasteiger partial charge in [0.05, 0.1) is 6.61 Å². The highest BCUT2D eigenvalue weighted by molar-refractivity contribution is 6.34. The number of ether oxygens (including phenoxy) is 1. The van der Waals surface area contributed by atoms with Gasteiger partial charge in [0.25, 0.3) is 0 Å². The van der Waals surface area contributed by atoms with Gasteiger partial charge in [-0.1, -0.05) is 0 Å². The van der Waals surface area contributed by atoms with Gasteiger partial charge in [-0.15, -0.1) is 0 Å². The fourth-order valence-corrected chi connectivity index (χ4v) is 0.764. The summed E-state index contributed by atoms with van der Waals surface area (Å²) in [5.41, 5.74) is 5.17. The van der Waals surface area contributed by atoms with Crippen LogP contribution in [-0.4, -0.2) is 57.1 Å². The van der Waals surface area contributed by atoms with Crippen molar-refractivity contribution in [3.8, 4) is 0 Å². The Balaban J connectivity index is 3.85. The first-order chi connectivity index (χ1) is 6.63. The van der Waals surface area contributed by atoms with E-state index in [4.69, 9.17) is 10.5 Å². The second-order valence-corrected chi connectivity index (χ2v) is 2.76. The molecule has 6 heteroatoms. The summed E-state index contributed by atoms with van der Waals surface area (Å²) in [4.78, 5) is 23.7. The number of hydrogen-bond acceptors (Lipinski definition) is 4. The molecule has 0 aliphatic rings. The lowest BCUT2D eigenvalue weighted by Crippen LogP contribution is -2.43. The molecule has 0 radical (unpaired) electrons. The Morgan fingerprint density at radius 2 is 2.14 bits per heavy atom. The van der Waals surface area contributed by atoms with Crippen LogP contribution in [0.2, 0.25) is 0 Å². The number of hydrogen-bond donors (Lipinski definition) is 2. The van der Waals surface area contributed by atoms with Crippen LogP contribution < -0.4 is 11.1 Å². The van der Waals surface area contributed by atoms with Crippen molar-refractivity contribution in [3.63, 3.8) is 0 Å². The molecule has 0 rings (SSSR count). The third kappa shape index (κ3) is 4.78. The summed E-state index contributed by atoms with van der Waals surface area (Å²) in [5, 5.41) is 2.39. The number of rotatable bonds is 5. The average Bonchev–Trinajstić information content (AvgIpc) is 2.21. The lowest BCUT2D eigenvalue weighted by atomic mass is 10.4. The molecule has 0 atom stereocenters. The molecule has 82 valence electrons. The van der Waals surface area contributed by atoms with Crippen molar-refractivity contribution < 1.29 is 14.3 Å². The molecule has 0 aliphatic heterocycles. The van der Waals surface area contributed by atoms with Gasteiger partial charge in [0, 0.05) is 33.8 Å². The normalized spacial score (nSPS) is 9.64. The van der Waals surface area contributed by atoms with E-state index in [9.17, 15) is 9.59 Å². The third-order valence-corrected chi connectivity index (χ3v) is 1.60. The van der Waals surface area contributed by atoms with Crippen LogP contribution in [-0.2, 0) is 14.3 Å². The minimum atomic E-state index is -0.631. The van der Waals surface area contributed by atoms with E-state index in [2.05, 4.69) is 5.32 Å². The first-order valence-electron chi connectivity index (χ1n) is 4.35. The Labute approximate surface area is 83.4 Å². The number of amides is 2. The molecular formula is C8H17N3O3. The summed E-state index contributed by atoms with van der Waals surface area (Å²) in [6.07, 6.45) is 0. The molecule has 0 aliphatic carbocycles. The summed E-state index contributed by atoms with van der Waals surface area (Å²) in [6.45, 7) is 1.43. The van der Waals surface area contributed by atoms with Crippen LogP contribution in [0.25, 0.3) is 0 Å². The number of nitrogens with one attached hydrogen (secondary N) is 1. The molecule has 14 heavy (non-hydrogen) atoms. The second kappa shape index (κ2) is 7.28. The quantitative estimate of drug-likeness (QED) is 0.514. The first kappa shape index (κ1) is 12.9. The molecule has 0 aromatic rings. The van der Waals surface area contributed by atoms with E-state index in [1.807, 2.05) is 0 Å². The van der Waals surface area contributed by atoms with Gasteiger partial charge in [-0.05, 0) is 0 Å². The fraction of sp³-hybridized carbons (Fsp3) is 0.750. The largest absolute Gasteiger partial charge is 0.383 e. The van der Waals surface area contributed by atoms with Gasteiger partial charge >= 0.3 is 11.8 Å². The zero-order valence-corrected chi connectivity index (χ0v) is 8.58. The van der Waals surface area contributed by atoms with Crippen molar-refractivity contribution in [3.05, 3.63) is 0 Å². The van der Waals surface area contributed by atoms with Gasteiger partial charge in [0.15, 0.2) is 0 Å². The number of nitrogens with zero attached hydrogens (tertiary/aromatic N) is 1. The third-order valence-electron chi connectivity index (χ3n) is 1.60. The molecule has 0 aromatic carbocycles. The van der Waals surface area contributed by atoms with Crippen molar-refractivity contribution in [1.82, 2.24) is 10.2 Å². The van der Waals surface area contributed by atoms with E-state index in [0.29, 0.717) is 26.2 Å². The van der Waals surface area contributed by atoms with Crippen molar-refractivity contribution in [2.75, 3.05) is 40.4 Å². The maximum Gasteiger partial charge on any atom is 0.311 e. The van der Waals surface area contributed by atoms with Crippen molar-refractivity contribution in [2.24, 2.45) is 5.73 Å². The Morgan fingerprint density at radius 3 is 2.64 bits per heavy atom. The van der Waals surface area contributed by atoms with E-state index in [0.717, 1.165) is 0 Å². The Bertz CT molecular complexity index is 196. The van der Waals surface area contributed by atoms with Gasteiger partial charge in [-0.3, -0.25) is 9.59 Å². The summed E-state index contributed by atoms with van der Waals surface area (Å²) in [7, 11) is 3.08. The van der Waals surface area contributed by atoms with Gasteiger partial charge < -0.3 is 20.7 Å². The van der Waals surface area contributed by atoms with Gasteiger partial charge in [-0.25, -0.2) is 0 Å². The van der Waals surface area contributed by atoms with E-state index in [1.165, 1.54) is 12.0 Å². The highest BCUT2D eigenvalue weighted by Gasteiger charge is 2.16. The lowest BCUT2D eigenvalue weighted by molar-refractivity contribution is -0.145. The van der Waals surface area contributed by atoms with Crippen LogP contribution in [0, 0.1) is 0 Å². The molecule has 0 bridgehead atoms. The number of carbonyl (C=O) groups excluding carboxylic acids is 2. The van der Waals surface area contributed by atoms with E-state index >= 15 is 0 Å². The molecule has 3 N–H and O–H groups in total. The highest BCUT2D eigenvalue weighted by Crippen LogP contribution is 1.85. The van der Waals surface area contributed by atoms with Crippen LogP contribution in [0.15, 0.2) is 0 Å². The zero-order valence-electron chi connectivity index (χ0n) is 8.58. The Hall–Kier alpha value is -1.14. The molecule has 0 fully saturated rings. The summed E-state index contributed by atoms with van der Waals surface area (Å²) in [5.74, 6) is -1.20. The van der Waals surface area contributed by atoms with Crippen LogP contribution in [0.1, 0.15) is 0 Å². The topological polar surface area (TPSA) is 84.7 Å². The maximum atomic E-state index is 11.3. The van der Waals surface area contributed by atoms with Crippen molar-refractivity contribution in [1.29, 1.82) is 0 Å². The van der Waals surface area contributed by atoms with E-state index in [-0.39, 0.29) is 0 Å². The number of likely N-dealkylation sites (N-methyl/N-ethyl adjacent to an activating group) is 1. The first-order valence-corrected chi connectivity index (χ1v) is 4.35. The molecule has 0 saturated heterocycles. The summed E-state index contributed by atoms with van der Waals surface area (Å²) < 4.78 is 4.78. The Morgan fingerprint density at radius 1 is 1.50 bits per heavy atom. The standard InChI is InChI=1S/C8H17N3O3/c1-11(5-6-14-2)8(13)7(12)10-4-3-9/h3-6,9H2,1-2H3,(H,10,12). The second-order valence-electron chi connectivity index (χ2n) is 2.76. The Kier molecular flexibility index (Phi) is 6.69. The predicted molar refractivity (Wildman–Crippen MR) is 51.6 cm³/mol. The summed E-state index contributed by atoms with van der Waals surface area (Å²) >= 11 is 0. The molecule has 2 amide bonds. The number of carbonyl (C=O) groups is 2. The predicted octanol–water partition coefficient (Wildman–Crippen LogP) is -1.83. The minimum absolute atomic E-state index is 0.308. The van der Waals surface area contributed by atoms with E-state index < -0.39 is 11.8 Å². The van der Waals surface area contributed by atoms with Gasteiger partial charge in [0.2, 0.25) is 0 Å².